The molecule has 1 aliphatic heterocycles. The first-order valence-corrected chi connectivity index (χ1v) is 12.1. The number of alkyl halides is 3. The second-order valence-electron chi connectivity index (χ2n) is 8.12. The van der Waals surface area contributed by atoms with Crippen molar-refractivity contribution in [2.75, 3.05) is 13.1 Å². The molecule has 4 rings (SSSR count). The summed E-state index contributed by atoms with van der Waals surface area (Å²) in [6.07, 6.45) is 1.08. The third-order valence-electron chi connectivity index (χ3n) is 5.58. The van der Waals surface area contributed by atoms with Crippen molar-refractivity contribution in [1.82, 2.24) is 9.29 Å². The number of hydrogen-bond acceptors (Lipinski definition) is 4. The van der Waals surface area contributed by atoms with Crippen molar-refractivity contribution in [2.45, 2.75) is 18.0 Å². The minimum atomic E-state index is -4.63. The van der Waals surface area contributed by atoms with E-state index in [0.717, 1.165) is 22.0 Å². The van der Waals surface area contributed by atoms with Crippen molar-refractivity contribution in [3.05, 3.63) is 106 Å². The van der Waals surface area contributed by atoms with Crippen molar-refractivity contribution in [1.29, 1.82) is 0 Å². The first kappa shape index (κ1) is 24.6. The molecular formula is C26H21F3N2O3S. The van der Waals surface area contributed by atoms with Crippen LogP contribution in [-0.2, 0) is 21.0 Å². The topological polar surface area (TPSA) is 67.3 Å². The van der Waals surface area contributed by atoms with Gasteiger partial charge in [0.25, 0.3) is 0 Å². The van der Waals surface area contributed by atoms with Crippen LogP contribution in [0.4, 0.5) is 13.2 Å². The van der Waals surface area contributed by atoms with Gasteiger partial charge < -0.3 is 0 Å². The Morgan fingerprint density at radius 1 is 0.886 bits per heavy atom. The highest BCUT2D eigenvalue weighted by Gasteiger charge is 2.36. The number of rotatable bonds is 4. The van der Waals surface area contributed by atoms with Crippen LogP contribution in [0.15, 0.2) is 89.1 Å². The first-order chi connectivity index (χ1) is 16.6. The Morgan fingerprint density at radius 3 is 2.11 bits per heavy atom. The molecule has 3 aromatic rings. The Balaban J connectivity index is 1.82. The van der Waals surface area contributed by atoms with Crippen molar-refractivity contribution in [3.63, 3.8) is 0 Å². The Labute approximate surface area is 201 Å². The number of sulfonamides is 1. The predicted octanol–water partition coefficient (Wildman–Crippen LogP) is 5.15. The molecule has 0 unspecified atom stereocenters. The van der Waals surface area contributed by atoms with Crippen molar-refractivity contribution < 1.29 is 26.4 Å². The van der Waals surface area contributed by atoms with Gasteiger partial charge in [-0.25, -0.2) is 8.42 Å². The van der Waals surface area contributed by atoms with Crippen LogP contribution < -0.4 is 0 Å². The maximum atomic E-state index is 13.5. The third kappa shape index (κ3) is 5.41. The van der Waals surface area contributed by atoms with Gasteiger partial charge in [-0.05, 0) is 60.5 Å². The molecular weight excluding hydrogens is 477 g/mol. The van der Waals surface area contributed by atoms with Crippen LogP contribution in [0.1, 0.15) is 22.3 Å². The Bertz CT molecular complexity index is 1410. The van der Waals surface area contributed by atoms with E-state index < -0.39 is 27.5 Å². The molecule has 0 atom stereocenters. The lowest BCUT2D eigenvalue weighted by atomic mass is 9.94. The van der Waals surface area contributed by atoms with E-state index in [1.54, 1.807) is 24.3 Å². The van der Waals surface area contributed by atoms with E-state index in [-0.39, 0.29) is 34.7 Å². The fourth-order valence-corrected chi connectivity index (χ4v) is 5.16. The number of aryl methyl sites for hydroxylation is 1. The number of halogens is 3. The summed E-state index contributed by atoms with van der Waals surface area (Å²) in [5.41, 5.74) is 0.478. The van der Waals surface area contributed by atoms with Crippen LogP contribution >= 0.6 is 0 Å². The summed E-state index contributed by atoms with van der Waals surface area (Å²) in [6.45, 7) is 1.26. The van der Waals surface area contributed by atoms with Crippen LogP contribution in [0.25, 0.3) is 12.2 Å². The zero-order valence-corrected chi connectivity index (χ0v) is 19.5. The number of carbonyl (C=O) groups is 1. The highest BCUT2D eigenvalue weighted by molar-refractivity contribution is 7.89. The number of ketones is 1. The highest BCUT2D eigenvalue weighted by Crippen LogP contribution is 2.34. The van der Waals surface area contributed by atoms with Crippen molar-refractivity contribution in [3.8, 4) is 0 Å². The molecule has 0 N–H and O–H groups in total. The van der Waals surface area contributed by atoms with Crippen LogP contribution in [-0.4, -0.2) is 36.6 Å². The van der Waals surface area contributed by atoms with Gasteiger partial charge in [-0.3, -0.25) is 9.78 Å². The van der Waals surface area contributed by atoms with E-state index >= 15 is 0 Å². The third-order valence-corrected chi connectivity index (χ3v) is 7.38. The lowest BCUT2D eigenvalue weighted by Gasteiger charge is -2.29. The first-order valence-electron chi connectivity index (χ1n) is 10.6. The van der Waals surface area contributed by atoms with E-state index in [1.165, 1.54) is 48.8 Å². The number of pyridine rings is 1. The van der Waals surface area contributed by atoms with Gasteiger partial charge in [0.2, 0.25) is 10.0 Å². The Kier molecular flexibility index (Phi) is 6.73. The second-order valence-corrected chi connectivity index (χ2v) is 10.1. The smallest absolute Gasteiger partial charge is 0.289 e. The molecule has 0 amide bonds. The molecule has 1 aromatic heterocycles. The van der Waals surface area contributed by atoms with Crippen LogP contribution in [0.3, 0.4) is 0 Å². The zero-order valence-electron chi connectivity index (χ0n) is 18.7. The lowest BCUT2D eigenvalue weighted by Crippen LogP contribution is -2.41. The van der Waals surface area contributed by atoms with Gasteiger partial charge in [0, 0.05) is 36.6 Å². The lowest BCUT2D eigenvalue weighted by molar-refractivity contribution is -0.137. The van der Waals surface area contributed by atoms with E-state index in [0.29, 0.717) is 5.56 Å². The molecule has 0 saturated carbocycles. The molecule has 0 aliphatic carbocycles. The number of aromatic nitrogens is 1. The number of hydrogen-bond donors (Lipinski definition) is 0. The molecule has 0 bridgehead atoms. The summed E-state index contributed by atoms with van der Waals surface area (Å²) in [7, 11) is -4.03. The standard InChI is InChI=1S/C26H21F3N2O3S/c1-18-6-8-23(9-7-18)35(33,34)31-16-21(14-19-10-12-30-13-11-19)25(32)22(17-31)15-20-4-2-3-5-24(20)26(27,28)29/h2-15H,16-17H2,1H3/b21-14+,22-15+. The van der Waals surface area contributed by atoms with Crippen LogP contribution in [0.5, 0.6) is 0 Å². The summed E-state index contributed by atoms with van der Waals surface area (Å²) in [5, 5.41) is 0. The summed E-state index contributed by atoms with van der Waals surface area (Å²) in [6, 6.07) is 14.4. The summed E-state index contributed by atoms with van der Waals surface area (Å²) in [4.78, 5) is 17.3. The Hall–Kier alpha value is -3.56. The molecule has 1 fully saturated rings. The molecule has 35 heavy (non-hydrogen) atoms. The van der Waals surface area contributed by atoms with E-state index in [1.807, 2.05) is 6.92 Å². The number of nitrogens with zero attached hydrogens (tertiary/aromatic N) is 2. The fourth-order valence-electron chi connectivity index (χ4n) is 3.77. The van der Waals surface area contributed by atoms with Crippen molar-refractivity contribution >= 4 is 28.0 Å². The minimum Gasteiger partial charge on any atom is -0.289 e. The Morgan fingerprint density at radius 2 is 1.49 bits per heavy atom. The van der Waals surface area contributed by atoms with Gasteiger partial charge in [-0.1, -0.05) is 35.9 Å². The molecule has 2 aromatic carbocycles. The van der Waals surface area contributed by atoms with Gasteiger partial charge in [0.15, 0.2) is 5.78 Å². The molecule has 9 heteroatoms. The van der Waals surface area contributed by atoms with Gasteiger partial charge in [0.1, 0.15) is 0 Å². The number of carbonyl (C=O) groups excluding carboxylic acids is 1. The monoisotopic (exact) mass is 498 g/mol. The highest BCUT2D eigenvalue weighted by atomic mass is 32.2. The van der Waals surface area contributed by atoms with Gasteiger partial charge in [-0.15, -0.1) is 0 Å². The van der Waals surface area contributed by atoms with E-state index in [4.69, 9.17) is 0 Å². The number of Topliss-reactive ketones (excluding diaryl/α,β-unsaturated/α-hetero) is 1. The SMILES string of the molecule is Cc1ccc(S(=O)(=O)N2C/C(=C\c3ccncc3)C(=O)/C(=C/c3ccccc3C(F)(F)F)C2)cc1. The molecule has 2 heterocycles. The summed E-state index contributed by atoms with van der Waals surface area (Å²) in [5.74, 6) is -0.505. The number of piperidine rings is 1. The summed E-state index contributed by atoms with van der Waals surface area (Å²) < 4.78 is 68.5. The minimum absolute atomic E-state index is 0.0377. The predicted molar refractivity (Wildman–Crippen MR) is 127 cm³/mol. The molecule has 0 spiro atoms. The molecule has 1 aliphatic rings. The molecule has 1 saturated heterocycles. The summed E-state index contributed by atoms with van der Waals surface area (Å²) >= 11 is 0. The van der Waals surface area contributed by atoms with E-state index in [9.17, 15) is 26.4 Å². The molecule has 0 radical (unpaired) electrons. The maximum Gasteiger partial charge on any atom is 0.416 e. The van der Waals surface area contributed by atoms with Gasteiger partial charge in [-0.2, -0.15) is 17.5 Å². The van der Waals surface area contributed by atoms with Crippen molar-refractivity contribution in [2.24, 2.45) is 0 Å². The fraction of sp³-hybridized carbons (Fsp3) is 0.154. The molecule has 5 nitrogen and oxygen atoms in total. The number of benzene rings is 2. The quantitative estimate of drug-likeness (QED) is 0.467. The maximum absolute atomic E-state index is 13.5. The van der Waals surface area contributed by atoms with Gasteiger partial charge in [0.05, 0.1) is 10.5 Å². The largest absolute Gasteiger partial charge is 0.416 e. The molecule has 180 valence electrons. The average molecular weight is 499 g/mol. The second kappa shape index (κ2) is 9.59. The van der Waals surface area contributed by atoms with Crippen LogP contribution in [0, 0.1) is 6.92 Å². The van der Waals surface area contributed by atoms with Gasteiger partial charge >= 0.3 is 6.18 Å². The van der Waals surface area contributed by atoms with E-state index in [2.05, 4.69) is 4.98 Å². The normalized spacial score (nSPS) is 17.8. The average Bonchev–Trinajstić information content (AvgIpc) is 2.82. The van der Waals surface area contributed by atoms with Crippen LogP contribution in [0.2, 0.25) is 0 Å². The zero-order chi connectivity index (χ0) is 25.2.